The van der Waals surface area contributed by atoms with Gasteiger partial charge in [0.15, 0.2) is 0 Å². The molecule has 2 aromatic carbocycles. The Kier molecular flexibility index (Phi) is 5.94. The number of amides is 1. The Labute approximate surface area is 141 Å². The molecule has 1 amide bonds. The number of carbonyl (C=O) groups is 1. The van der Waals surface area contributed by atoms with Crippen LogP contribution < -0.4 is 14.8 Å². The van der Waals surface area contributed by atoms with Crippen LogP contribution in [-0.4, -0.2) is 27.0 Å². The van der Waals surface area contributed by atoms with Gasteiger partial charge in [-0.25, -0.2) is 8.42 Å². The maximum atomic E-state index is 12.2. The highest BCUT2D eigenvalue weighted by Crippen LogP contribution is 2.16. The van der Waals surface area contributed by atoms with Gasteiger partial charge in [0.2, 0.25) is 15.9 Å². The summed E-state index contributed by atoms with van der Waals surface area (Å²) in [5.41, 5.74) is 0.564. The molecule has 0 saturated carbocycles. The SMILES string of the molecule is CCOc1ccc(NC(=O)C(C)NS(=O)(=O)c2ccccc2)cc1. The van der Waals surface area contributed by atoms with E-state index in [1.807, 2.05) is 6.92 Å². The topological polar surface area (TPSA) is 84.5 Å². The minimum Gasteiger partial charge on any atom is -0.494 e. The summed E-state index contributed by atoms with van der Waals surface area (Å²) in [4.78, 5) is 12.3. The van der Waals surface area contributed by atoms with Gasteiger partial charge in [0.1, 0.15) is 5.75 Å². The molecule has 0 aromatic heterocycles. The van der Waals surface area contributed by atoms with Crippen molar-refractivity contribution in [3.05, 3.63) is 54.6 Å². The Hall–Kier alpha value is -2.38. The van der Waals surface area contributed by atoms with Crippen molar-refractivity contribution in [2.75, 3.05) is 11.9 Å². The molecule has 6 nitrogen and oxygen atoms in total. The first-order valence-electron chi connectivity index (χ1n) is 7.53. The van der Waals surface area contributed by atoms with Gasteiger partial charge in [-0.1, -0.05) is 18.2 Å². The molecule has 128 valence electrons. The van der Waals surface area contributed by atoms with Gasteiger partial charge in [0, 0.05) is 5.69 Å². The molecule has 2 N–H and O–H groups in total. The molecule has 2 rings (SSSR count). The number of hydrogen-bond acceptors (Lipinski definition) is 4. The quantitative estimate of drug-likeness (QED) is 0.805. The first kappa shape index (κ1) is 18.0. The molecule has 0 saturated heterocycles. The molecule has 1 atom stereocenters. The summed E-state index contributed by atoms with van der Waals surface area (Å²) >= 11 is 0. The number of ether oxygens (including phenoxy) is 1. The lowest BCUT2D eigenvalue weighted by Gasteiger charge is -2.14. The molecule has 0 aliphatic heterocycles. The number of nitrogens with one attached hydrogen (secondary N) is 2. The van der Waals surface area contributed by atoms with E-state index in [9.17, 15) is 13.2 Å². The van der Waals surface area contributed by atoms with Crippen molar-refractivity contribution in [1.29, 1.82) is 0 Å². The van der Waals surface area contributed by atoms with Crippen molar-refractivity contribution < 1.29 is 17.9 Å². The van der Waals surface area contributed by atoms with E-state index < -0.39 is 22.0 Å². The Morgan fingerprint density at radius 3 is 2.29 bits per heavy atom. The van der Waals surface area contributed by atoms with E-state index >= 15 is 0 Å². The minimum absolute atomic E-state index is 0.116. The summed E-state index contributed by atoms with van der Waals surface area (Å²) in [5, 5.41) is 2.66. The van der Waals surface area contributed by atoms with E-state index in [-0.39, 0.29) is 4.90 Å². The second-order valence-corrected chi connectivity index (χ2v) is 6.82. The van der Waals surface area contributed by atoms with Crippen LogP contribution in [0.15, 0.2) is 59.5 Å². The standard InChI is InChI=1S/C17H20N2O4S/c1-3-23-15-11-9-14(10-12-15)18-17(20)13(2)19-24(21,22)16-7-5-4-6-8-16/h4-13,19H,3H2,1-2H3,(H,18,20). The average Bonchev–Trinajstić information content (AvgIpc) is 2.57. The van der Waals surface area contributed by atoms with Gasteiger partial charge in [-0.3, -0.25) is 4.79 Å². The highest BCUT2D eigenvalue weighted by atomic mass is 32.2. The second-order valence-electron chi connectivity index (χ2n) is 5.10. The molecular weight excluding hydrogens is 328 g/mol. The zero-order valence-electron chi connectivity index (χ0n) is 13.5. The number of carbonyl (C=O) groups excluding carboxylic acids is 1. The fourth-order valence-corrected chi connectivity index (χ4v) is 3.23. The van der Waals surface area contributed by atoms with Gasteiger partial charge in [-0.15, -0.1) is 0 Å². The Balaban J connectivity index is 1.99. The van der Waals surface area contributed by atoms with E-state index in [4.69, 9.17) is 4.74 Å². The van der Waals surface area contributed by atoms with Crippen LogP contribution in [0.5, 0.6) is 5.75 Å². The largest absolute Gasteiger partial charge is 0.494 e. The third-order valence-electron chi connectivity index (χ3n) is 3.21. The van der Waals surface area contributed by atoms with Crippen molar-refractivity contribution in [2.45, 2.75) is 24.8 Å². The van der Waals surface area contributed by atoms with Gasteiger partial charge >= 0.3 is 0 Å². The molecule has 1 unspecified atom stereocenters. The normalized spacial score (nSPS) is 12.4. The Morgan fingerprint density at radius 1 is 1.08 bits per heavy atom. The summed E-state index contributed by atoms with van der Waals surface area (Å²) in [5.74, 6) is 0.256. The van der Waals surface area contributed by atoms with Crippen molar-refractivity contribution in [1.82, 2.24) is 4.72 Å². The van der Waals surface area contributed by atoms with Crippen LogP contribution in [0.25, 0.3) is 0 Å². The average molecular weight is 348 g/mol. The zero-order valence-corrected chi connectivity index (χ0v) is 14.3. The number of benzene rings is 2. The lowest BCUT2D eigenvalue weighted by atomic mass is 10.2. The molecule has 0 fully saturated rings. The van der Waals surface area contributed by atoms with Gasteiger partial charge in [-0.05, 0) is 50.2 Å². The summed E-state index contributed by atoms with van der Waals surface area (Å²) in [6, 6.07) is 13.9. The van der Waals surface area contributed by atoms with Crippen LogP contribution in [0, 0.1) is 0 Å². The Morgan fingerprint density at radius 2 is 1.71 bits per heavy atom. The maximum absolute atomic E-state index is 12.2. The zero-order chi connectivity index (χ0) is 17.6. The molecule has 0 radical (unpaired) electrons. The van der Waals surface area contributed by atoms with Crippen LogP contribution in [0.1, 0.15) is 13.8 Å². The van der Waals surface area contributed by atoms with Crippen LogP contribution in [0.4, 0.5) is 5.69 Å². The highest BCUT2D eigenvalue weighted by Gasteiger charge is 2.21. The molecule has 0 bridgehead atoms. The maximum Gasteiger partial charge on any atom is 0.242 e. The lowest BCUT2D eigenvalue weighted by molar-refractivity contribution is -0.117. The summed E-state index contributed by atoms with van der Waals surface area (Å²) < 4.78 is 32.1. The fraction of sp³-hybridized carbons (Fsp3) is 0.235. The smallest absolute Gasteiger partial charge is 0.242 e. The Bertz CT molecular complexity index is 774. The first-order chi connectivity index (χ1) is 11.4. The molecule has 0 aliphatic carbocycles. The van der Waals surface area contributed by atoms with Crippen LogP contribution in [-0.2, 0) is 14.8 Å². The van der Waals surface area contributed by atoms with E-state index in [0.29, 0.717) is 18.0 Å². The number of sulfonamides is 1. The van der Waals surface area contributed by atoms with Crippen molar-refractivity contribution in [2.24, 2.45) is 0 Å². The third kappa shape index (κ3) is 4.81. The van der Waals surface area contributed by atoms with E-state index in [2.05, 4.69) is 10.0 Å². The van der Waals surface area contributed by atoms with E-state index in [1.165, 1.54) is 19.1 Å². The molecule has 7 heteroatoms. The molecule has 0 aliphatic rings. The fourth-order valence-electron chi connectivity index (χ4n) is 2.01. The number of anilines is 1. The molecule has 2 aromatic rings. The monoisotopic (exact) mass is 348 g/mol. The van der Waals surface area contributed by atoms with Gasteiger partial charge in [-0.2, -0.15) is 4.72 Å². The summed E-state index contributed by atoms with van der Waals surface area (Å²) in [7, 11) is -3.74. The van der Waals surface area contributed by atoms with Crippen LogP contribution in [0.2, 0.25) is 0 Å². The van der Waals surface area contributed by atoms with Crippen molar-refractivity contribution >= 4 is 21.6 Å². The molecule has 0 spiro atoms. The van der Waals surface area contributed by atoms with E-state index in [0.717, 1.165) is 0 Å². The predicted octanol–water partition coefficient (Wildman–Crippen LogP) is 2.39. The van der Waals surface area contributed by atoms with Gasteiger partial charge in [0.25, 0.3) is 0 Å². The number of rotatable bonds is 7. The number of hydrogen-bond donors (Lipinski definition) is 2. The predicted molar refractivity (Wildman–Crippen MR) is 92.5 cm³/mol. The summed E-state index contributed by atoms with van der Waals surface area (Å²) in [6.07, 6.45) is 0. The highest BCUT2D eigenvalue weighted by molar-refractivity contribution is 7.89. The van der Waals surface area contributed by atoms with Gasteiger partial charge < -0.3 is 10.1 Å². The first-order valence-corrected chi connectivity index (χ1v) is 9.02. The molecule has 0 heterocycles. The van der Waals surface area contributed by atoms with Gasteiger partial charge in [0.05, 0.1) is 17.5 Å². The molecule has 24 heavy (non-hydrogen) atoms. The van der Waals surface area contributed by atoms with Crippen molar-refractivity contribution in [3.8, 4) is 5.75 Å². The van der Waals surface area contributed by atoms with Crippen LogP contribution >= 0.6 is 0 Å². The van der Waals surface area contributed by atoms with E-state index in [1.54, 1.807) is 42.5 Å². The van der Waals surface area contributed by atoms with Crippen LogP contribution in [0.3, 0.4) is 0 Å². The lowest BCUT2D eigenvalue weighted by Crippen LogP contribution is -2.41. The summed E-state index contributed by atoms with van der Waals surface area (Å²) in [6.45, 7) is 3.94. The minimum atomic E-state index is -3.74. The third-order valence-corrected chi connectivity index (χ3v) is 4.77. The molecular formula is C17H20N2O4S. The second kappa shape index (κ2) is 7.94. The van der Waals surface area contributed by atoms with Crippen molar-refractivity contribution in [3.63, 3.8) is 0 Å².